The Balaban J connectivity index is 2.00. The van der Waals surface area contributed by atoms with Gasteiger partial charge in [0.25, 0.3) is 0 Å². The van der Waals surface area contributed by atoms with Gasteiger partial charge in [-0.25, -0.2) is 4.79 Å². The third kappa shape index (κ3) is 1.79. The van der Waals surface area contributed by atoms with Crippen molar-refractivity contribution in [2.45, 2.75) is 25.2 Å². The third-order valence-electron chi connectivity index (χ3n) is 3.47. The van der Waals surface area contributed by atoms with E-state index >= 15 is 0 Å². The van der Waals surface area contributed by atoms with Crippen molar-refractivity contribution >= 4 is 5.97 Å². The van der Waals surface area contributed by atoms with Crippen molar-refractivity contribution in [3.63, 3.8) is 0 Å². The number of aromatic carboxylic acids is 1. The normalized spacial score (nSPS) is 18.3. The van der Waals surface area contributed by atoms with Gasteiger partial charge in [0.1, 0.15) is 0 Å². The van der Waals surface area contributed by atoms with E-state index in [9.17, 15) is 4.79 Å². The summed E-state index contributed by atoms with van der Waals surface area (Å²) in [5.74, 6) is -1.00. The van der Waals surface area contributed by atoms with E-state index in [0.29, 0.717) is 0 Å². The van der Waals surface area contributed by atoms with Crippen molar-refractivity contribution in [3.8, 4) is 0 Å². The summed E-state index contributed by atoms with van der Waals surface area (Å²) in [6.07, 6.45) is 3.16. The fraction of sp³-hybridized carbons (Fsp3) is 0.286. The average Bonchev–Trinajstić information content (AvgIpc) is 2.87. The lowest BCUT2D eigenvalue weighted by Crippen LogP contribution is -2.11. The highest BCUT2D eigenvalue weighted by Gasteiger charge is 2.25. The smallest absolute Gasteiger partial charge is 0.374 e. The van der Waals surface area contributed by atoms with Crippen LogP contribution in [0.3, 0.4) is 0 Å². The lowest BCUT2D eigenvalue weighted by Gasteiger charge is -2.23. The van der Waals surface area contributed by atoms with Crippen molar-refractivity contribution in [1.29, 1.82) is 0 Å². The summed E-state index contributed by atoms with van der Waals surface area (Å²) in [4.78, 5) is 10.8. The summed E-state index contributed by atoms with van der Waals surface area (Å²) in [7, 11) is 0. The van der Waals surface area contributed by atoms with E-state index in [2.05, 4.69) is 17.3 Å². The minimum atomic E-state index is -1.07. The van der Waals surface area contributed by atoms with Gasteiger partial charge >= 0.3 is 5.97 Å². The van der Waals surface area contributed by atoms with Gasteiger partial charge in [-0.1, -0.05) is 29.4 Å². The number of aryl methyl sites for hydroxylation is 1. The molecule has 1 aromatic carbocycles. The van der Waals surface area contributed by atoms with Crippen LogP contribution in [0.4, 0.5) is 0 Å². The Hall–Kier alpha value is -2.10. The van der Waals surface area contributed by atoms with Gasteiger partial charge in [-0.15, -0.1) is 0 Å². The number of carboxylic acids is 1. The zero-order chi connectivity index (χ0) is 12.5. The third-order valence-corrected chi connectivity index (χ3v) is 3.47. The highest BCUT2D eigenvalue weighted by atomic mass is 16.5. The first kappa shape index (κ1) is 11.0. The van der Waals surface area contributed by atoms with Crippen molar-refractivity contribution in [2.75, 3.05) is 0 Å². The van der Waals surface area contributed by atoms with E-state index in [1.165, 1.54) is 17.2 Å². The Morgan fingerprint density at radius 2 is 2.22 bits per heavy atom. The number of carboxylic acid groups (broad SMARTS) is 1. The Bertz CT molecular complexity index is 588. The number of aromatic nitrogens is 1. The van der Waals surface area contributed by atoms with Crippen LogP contribution in [0.25, 0.3) is 0 Å². The summed E-state index contributed by atoms with van der Waals surface area (Å²) in [6.45, 7) is 0. The van der Waals surface area contributed by atoms with Gasteiger partial charge in [0.05, 0.1) is 5.69 Å². The van der Waals surface area contributed by atoms with E-state index in [0.717, 1.165) is 25.0 Å². The molecule has 1 unspecified atom stereocenters. The molecular weight excluding hydrogens is 230 g/mol. The second-order valence-electron chi connectivity index (χ2n) is 4.56. The maximum atomic E-state index is 10.8. The molecule has 4 nitrogen and oxygen atoms in total. The maximum Gasteiger partial charge on any atom is 0.374 e. The second kappa shape index (κ2) is 4.29. The van der Waals surface area contributed by atoms with Gasteiger partial charge in [-0.2, -0.15) is 0 Å². The Morgan fingerprint density at radius 3 is 3.00 bits per heavy atom. The Kier molecular flexibility index (Phi) is 2.63. The summed E-state index contributed by atoms with van der Waals surface area (Å²) < 4.78 is 4.84. The zero-order valence-corrected chi connectivity index (χ0v) is 9.80. The molecular formula is C14H13NO3. The Labute approximate surface area is 104 Å². The molecule has 0 bridgehead atoms. The molecule has 1 atom stereocenters. The molecule has 0 saturated heterocycles. The number of rotatable bonds is 2. The number of nitrogens with zero attached hydrogens (tertiary/aromatic N) is 1. The summed E-state index contributed by atoms with van der Waals surface area (Å²) in [5.41, 5.74) is 3.29. The lowest BCUT2D eigenvalue weighted by atomic mass is 9.81. The van der Waals surface area contributed by atoms with Crippen molar-refractivity contribution in [2.24, 2.45) is 0 Å². The predicted molar refractivity (Wildman–Crippen MR) is 64.7 cm³/mol. The van der Waals surface area contributed by atoms with E-state index in [1.807, 2.05) is 12.1 Å². The zero-order valence-electron chi connectivity index (χ0n) is 9.80. The van der Waals surface area contributed by atoms with E-state index < -0.39 is 5.97 Å². The van der Waals surface area contributed by atoms with Gasteiger partial charge < -0.3 is 9.63 Å². The molecule has 4 heteroatoms. The molecule has 2 aromatic rings. The SMILES string of the molecule is O=C(O)c1cc(C2CCCc3ccccc32)no1. The van der Waals surface area contributed by atoms with E-state index in [4.69, 9.17) is 9.63 Å². The van der Waals surface area contributed by atoms with Crippen LogP contribution in [-0.2, 0) is 6.42 Å². The lowest BCUT2D eigenvalue weighted by molar-refractivity contribution is 0.0652. The molecule has 1 aliphatic carbocycles. The molecule has 1 heterocycles. The maximum absolute atomic E-state index is 10.8. The first-order chi connectivity index (χ1) is 8.75. The van der Waals surface area contributed by atoms with Crippen molar-refractivity contribution in [3.05, 3.63) is 52.9 Å². The molecule has 92 valence electrons. The first-order valence-electron chi connectivity index (χ1n) is 6.03. The second-order valence-corrected chi connectivity index (χ2v) is 4.56. The molecule has 0 saturated carbocycles. The minimum Gasteiger partial charge on any atom is -0.475 e. The van der Waals surface area contributed by atoms with Crippen LogP contribution in [-0.4, -0.2) is 16.2 Å². The quantitative estimate of drug-likeness (QED) is 0.880. The summed E-state index contributed by atoms with van der Waals surface area (Å²) >= 11 is 0. The predicted octanol–water partition coefficient (Wildman–Crippen LogP) is 2.84. The molecule has 0 fully saturated rings. The molecule has 1 N–H and O–H groups in total. The highest BCUT2D eigenvalue weighted by molar-refractivity contribution is 5.84. The molecule has 3 rings (SSSR count). The van der Waals surface area contributed by atoms with E-state index in [1.54, 1.807) is 0 Å². The minimum absolute atomic E-state index is 0.0898. The standard InChI is InChI=1S/C14H13NO3/c16-14(17)13-8-12(15-18-13)11-7-3-5-9-4-1-2-6-10(9)11/h1-2,4,6,8,11H,3,5,7H2,(H,16,17). The topological polar surface area (TPSA) is 63.3 Å². The first-order valence-corrected chi connectivity index (χ1v) is 6.03. The van der Waals surface area contributed by atoms with Crippen LogP contribution < -0.4 is 0 Å². The molecule has 18 heavy (non-hydrogen) atoms. The molecule has 0 amide bonds. The van der Waals surface area contributed by atoms with Gasteiger partial charge in [0.15, 0.2) is 0 Å². The van der Waals surface area contributed by atoms with Crippen molar-refractivity contribution in [1.82, 2.24) is 5.16 Å². The fourth-order valence-corrected chi connectivity index (χ4v) is 2.62. The molecule has 1 aliphatic rings. The van der Waals surface area contributed by atoms with Gasteiger partial charge in [-0.3, -0.25) is 0 Å². The summed E-state index contributed by atoms with van der Waals surface area (Å²) in [6, 6.07) is 9.80. The number of hydrogen-bond acceptors (Lipinski definition) is 3. The number of hydrogen-bond donors (Lipinski definition) is 1. The highest BCUT2D eigenvalue weighted by Crippen LogP contribution is 2.36. The van der Waals surface area contributed by atoms with Crippen molar-refractivity contribution < 1.29 is 14.4 Å². The molecule has 0 radical (unpaired) electrons. The van der Waals surface area contributed by atoms with Crippen LogP contribution in [0, 0.1) is 0 Å². The number of fused-ring (bicyclic) bond motifs is 1. The largest absolute Gasteiger partial charge is 0.475 e. The molecule has 0 aliphatic heterocycles. The van der Waals surface area contributed by atoms with Gasteiger partial charge in [-0.05, 0) is 30.4 Å². The molecule has 0 spiro atoms. The monoisotopic (exact) mass is 243 g/mol. The van der Waals surface area contributed by atoms with Crippen LogP contribution in [0.15, 0.2) is 34.9 Å². The molecule has 1 aromatic heterocycles. The number of carbonyl (C=O) groups is 1. The van der Waals surface area contributed by atoms with Crippen LogP contribution in [0.2, 0.25) is 0 Å². The van der Waals surface area contributed by atoms with Crippen LogP contribution in [0.1, 0.15) is 46.1 Å². The fourth-order valence-electron chi connectivity index (χ4n) is 2.62. The van der Waals surface area contributed by atoms with Gasteiger partial charge in [0.2, 0.25) is 5.76 Å². The van der Waals surface area contributed by atoms with Gasteiger partial charge in [0, 0.05) is 12.0 Å². The van der Waals surface area contributed by atoms with E-state index in [-0.39, 0.29) is 11.7 Å². The Morgan fingerprint density at radius 1 is 1.39 bits per heavy atom. The van der Waals surface area contributed by atoms with Crippen LogP contribution >= 0.6 is 0 Å². The summed E-state index contributed by atoms with van der Waals surface area (Å²) in [5, 5.41) is 12.8. The number of benzene rings is 1. The van der Waals surface area contributed by atoms with Crippen LogP contribution in [0.5, 0.6) is 0 Å². The average molecular weight is 243 g/mol.